The van der Waals surface area contributed by atoms with E-state index in [1.165, 1.54) is 12.8 Å². The molecule has 3 atom stereocenters. The summed E-state index contributed by atoms with van der Waals surface area (Å²) in [4.78, 5) is 0. The van der Waals surface area contributed by atoms with Gasteiger partial charge in [-0.15, -0.1) is 0 Å². The minimum Gasteiger partial charge on any atom is -0.391 e. The molecule has 14 heavy (non-hydrogen) atoms. The first-order valence-corrected chi connectivity index (χ1v) is 5.92. The Bertz CT molecular complexity index is 130. The number of aliphatic hydroxyl groups is 2. The van der Waals surface area contributed by atoms with Crippen molar-refractivity contribution in [3.63, 3.8) is 0 Å². The van der Waals surface area contributed by atoms with Crippen LogP contribution >= 0.6 is 0 Å². The van der Waals surface area contributed by atoms with Crippen LogP contribution in [0.5, 0.6) is 0 Å². The summed E-state index contributed by atoms with van der Waals surface area (Å²) in [6.07, 6.45) is 3.16. The van der Waals surface area contributed by atoms with E-state index in [1.807, 2.05) is 0 Å². The van der Waals surface area contributed by atoms with Crippen LogP contribution < -0.4 is 0 Å². The van der Waals surface area contributed by atoms with E-state index in [0.717, 1.165) is 12.8 Å². The van der Waals surface area contributed by atoms with E-state index in [2.05, 4.69) is 20.8 Å². The smallest absolute Gasteiger partial charge is 0.0824 e. The Morgan fingerprint density at radius 2 is 1.43 bits per heavy atom. The second-order valence-electron chi connectivity index (χ2n) is 4.32. The summed E-state index contributed by atoms with van der Waals surface area (Å²) in [5.41, 5.74) is 0. The first kappa shape index (κ1) is 13.9. The molecule has 3 unspecified atom stereocenters. The van der Waals surface area contributed by atoms with Crippen LogP contribution in [-0.2, 0) is 0 Å². The quantitative estimate of drug-likeness (QED) is 0.666. The van der Waals surface area contributed by atoms with Gasteiger partial charge in [0.1, 0.15) is 0 Å². The van der Waals surface area contributed by atoms with Gasteiger partial charge >= 0.3 is 0 Å². The maximum Gasteiger partial charge on any atom is 0.0824 e. The maximum atomic E-state index is 9.78. The topological polar surface area (TPSA) is 40.5 Å². The van der Waals surface area contributed by atoms with Crippen LogP contribution in [0.3, 0.4) is 0 Å². The average Bonchev–Trinajstić information content (AvgIpc) is 2.19. The number of hydrogen-bond donors (Lipinski definition) is 2. The summed E-state index contributed by atoms with van der Waals surface area (Å²) < 4.78 is 0. The zero-order valence-electron chi connectivity index (χ0n) is 10.0. The molecule has 0 aromatic heterocycles. The third-order valence-electron chi connectivity index (χ3n) is 3.29. The number of aliphatic hydroxyl groups excluding tert-OH is 2. The lowest BCUT2D eigenvalue weighted by Gasteiger charge is -2.27. The lowest BCUT2D eigenvalue weighted by Crippen LogP contribution is -2.32. The van der Waals surface area contributed by atoms with E-state index < -0.39 is 12.2 Å². The third-order valence-corrected chi connectivity index (χ3v) is 3.29. The molecule has 0 aromatic carbocycles. The van der Waals surface area contributed by atoms with Crippen molar-refractivity contribution in [1.29, 1.82) is 0 Å². The third kappa shape index (κ3) is 4.43. The predicted molar refractivity (Wildman–Crippen MR) is 60.2 cm³/mol. The van der Waals surface area contributed by atoms with Crippen molar-refractivity contribution in [2.24, 2.45) is 11.8 Å². The normalized spacial score (nSPS) is 18.2. The highest BCUT2D eigenvalue weighted by molar-refractivity contribution is 4.74. The Labute approximate surface area is 88.3 Å². The lowest BCUT2D eigenvalue weighted by atomic mass is 9.84. The molecule has 0 aromatic rings. The first-order chi connectivity index (χ1) is 6.56. The minimum atomic E-state index is -0.602. The molecule has 0 saturated heterocycles. The van der Waals surface area contributed by atoms with Gasteiger partial charge in [0.25, 0.3) is 0 Å². The van der Waals surface area contributed by atoms with E-state index in [1.54, 1.807) is 6.92 Å². The van der Waals surface area contributed by atoms with Gasteiger partial charge in [0.15, 0.2) is 0 Å². The van der Waals surface area contributed by atoms with E-state index in [9.17, 15) is 10.2 Å². The van der Waals surface area contributed by atoms with E-state index in [4.69, 9.17) is 0 Å². The largest absolute Gasteiger partial charge is 0.391 e. The van der Waals surface area contributed by atoms with Gasteiger partial charge in [0.2, 0.25) is 0 Å². The van der Waals surface area contributed by atoms with Gasteiger partial charge in [-0.1, -0.05) is 40.0 Å². The summed E-state index contributed by atoms with van der Waals surface area (Å²) >= 11 is 0. The number of rotatable bonds is 7. The standard InChI is InChI=1S/C12H26O2/c1-5-10(6-2)8-11(7-3)12(14)9(4)13/h9-14H,5-8H2,1-4H3. The SMILES string of the molecule is CCC(CC)CC(CC)C(O)C(C)O. The van der Waals surface area contributed by atoms with Crippen molar-refractivity contribution >= 4 is 0 Å². The maximum absolute atomic E-state index is 9.78. The highest BCUT2D eigenvalue weighted by Gasteiger charge is 2.23. The molecule has 0 aliphatic heterocycles. The van der Waals surface area contributed by atoms with Crippen LogP contribution in [0.4, 0.5) is 0 Å². The predicted octanol–water partition coefficient (Wildman–Crippen LogP) is 2.58. The van der Waals surface area contributed by atoms with Crippen LogP contribution in [0.1, 0.15) is 53.4 Å². The Morgan fingerprint density at radius 1 is 0.929 bits per heavy atom. The van der Waals surface area contributed by atoms with E-state index in [0.29, 0.717) is 5.92 Å². The molecule has 0 amide bonds. The van der Waals surface area contributed by atoms with Gasteiger partial charge in [0.05, 0.1) is 12.2 Å². The van der Waals surface area contributed by atoms with Crippen LogP contribution in [0.2, 0.25) is 0 Å². The molecule has 0 rings (SSSR count). The molecule has 0 aliphatic rings. The summed E-state index contributed by atoms with van der Waals surface area (Å²) in [5.74, 6) is 0.938. The fraction of sp³-hybridized carbons (Fsp3) is 1.00. The molecule has 0 bridgehead atoms. The summed E-state index contributed by atoms with van der Waals surface area (Å²) in [6, 6.07) is 0. The van der Waals surface area contributed by atoms with E-state index >= 15 is 0 Å². The monoisotopic (exact) mass is 202 g/mol. The van der Waals surface area contributed by atoms with Crippen LogP contribution in [0.15, 0.2) is 0 Å². The molecule has 0 heterocycles. The van der Waals surface area contributed by atoms with Crippen molar-refractivity contribution in [3.8, 4) is 0 Å². The minimum absolute atomic E-state index is 0.250. The van der Waals surface area contributed by atoms with Gasteiger partial charge in [0, 0.05) is 0 Å². The molecule has 2 nitrogen and oxygen atoms in total. The fourth-order valence-corrected chi connectivity index (χ4v) is 1.99. The fourth-order valence-electron chi connectivity index (χ4n) is 1.99. The van der Waals surface area contributed by atoms with Crippen molar-refractivity contribution < 1.29 is 10.2 Å². The molecular formula is C12H26O2. The Kier molecular flexibility index (Phi) is 7.20. The Hall–Kier alpha value is -0.0800. The van der Waals surface area contributed by atoms with Crippen molar-refractivity contribution in [2.75, 3.05) is 0 Å². The Morgan fingerprint density at radius 3 is 1.71 bits per heavy atom. The first-order valence-electron chi connectivity index (χ1n) is 5.92. The highest BCUT2D eigenvalue weighted by Crippen LogP contribution is 2.25. The summed E-state index contributed by atoms with van der Waals surface area (Å²) in [7, 11) is 0. The average molecular weight is 202 g/mol. The van der Waals surface area contributed by atoms with Crippen LogP contribution in [-0.4, -0.2) is 22.4 Å². The van der Waals surface area contributed by atoms with Gasteiger partial charge < -0.3 is 10.2 Å². The molecule has 0 saturated carbocycles. The summed E-state index contributed by atoms with van der Waals surface area (Å²) in [6.45, 7) is 8.13. The second kappa shape index (κ2) is 7.24. The van der Waals surface area contributed by atoms with Crippen molar-refractivity contribution in [3.05, 3.63) is 0 Å². The van der Waals surface area contributed by atoms with Gasteiger partial charge in [-0.3, -0.25) is 0 Å². The summed E-state index contributed by atoms with van der Waals surface area (Å²) in [5, 5.41) is 19.1. The zero-order chi connectivity index (χ0) is 11.1. The molecule has 0 radical (unpaired) electrons. The van der Waals surface area contributed by atoms with Gasteiger partial charge in [-0.25, -0.2) is 0 Å². The molecule has 86 valence electrons. The zero-order valence-corrected chi connectivity index (χ0v) is 10.0. The molecule has 0 spiro atoms. The van der Waals surface area contributed by atoms with E-state index in [-0.39, 0.29) is 5.92 Å². The Balaban J connectivity index is 4.12. The van der Waals surface area contributed by atoms with Gasteiger partial charge in [-0.2, -0.15) is 0 Å². The number of hydrogen-bond acceptors (Lipinski definition) is 2. The van der Waals surface area contributed by atoms with Crippen LogP contribution in [0.25, 0.3) is 0 Å². The molecule has 2 N–H and O–H groups in total. The second-order valence-corrected chi connectivity index (χ2v) is 4.32. The van der Waals surface area contributed by atoms with Crippen LogP contribution in [0, 0.1) is 11.8 Å². The highest BCUT2D eigenvalue weighted by atomic mass is 16.3. The molecular weight excluding hydrogens is 176 g/mol. The molecule has 0 aliphatic carbocycles. The van der Waals surface area contributed by atoms with Crippen molar-refractivity contribution in [2.45, 2.75) is 65.6 Å². The molecule has 2 heteroatoms. The molecule has 0 fully saturated rings. The van der Waals surface area contributed by atoms with Gasteiger partial charge in [-0.05, 0) is 25.2 Å². The lowest BCUT2D eigenvalue weighted by molar-refractivity contribution is -0.0155. The van der Waals surface area contributed by atoms with Crippen molar-refractivity contribution in [1.82, 2.24) is 0 Å².